The van der Waals surface area contributed by atoms with Crippen LogP contribution in [0.5, 0.6) is 0 Å². The average Bonchev–Trinajstić information content (AvgIpc) is 2.39. The van der Waals surface area contributed by atoms with Crippen molar-refractivity contribution >= 4 is 30.2 Å². The van der Waals surface area contributed by atoms with Crippen molar-refractivity contribution in [3.63, 3.8) is 0 Å². The van der Waals surface area contributed by atoms with E-state index in [1.807, 2.05) is 18.2 Å². The van der Waals surface area contributed by atoms with E-state index in [2.05, 4.69) is 55.6 Å². The van der Waals surface area contributed by atoms with Crippen LogP contribution in [0.3, 0.4) is 0 Å². The molecule has 2 heteroatoms. The average molecular weight is 246 g/mol. The summed E-state index contributed by atoms with van der Waals surface area (Å²) < 4.78 is 0. The summed E-state index contributed by atoms with van der Waals surface area (Å²) in [5, 5.41) is 0. The predicted octanol–water partition coefficient (Wildman–Crippen LogP) is 4.49. The summed E-state index contributed by atoms with van der Waals surface area (Å²) in [4.78, 5) is 1.93. The normalized spacial score (nSPS) is 16.8. The lowest BCUT2D eigenvalue weighted by Gasteiger charge is -2.12. The van der Waals surface area contributed by atoms with E-state index in [1.54, 1.807) is 0 Å². The van der Waals surface area contributed by atoms with Gasteiger partial charge >= 0.3 is 0 Å². The summed E-state index contributed by atoms with van der Waals surface area (Å²) >= 11 is 9.14. The molecule has 1 aliphatic carbocycles. The van der Waals surface area contributed by atoms with Crippen LogP contribution in [0.15, 0.2) is 59.0 Å². The van der Waals surface area contributed by atoms with E-state index in [4.69, 9.17) is 0 Å². The zero-order valence-electron chi connectivity index (χ0n) is 8.93. The van der Waals surface area contributed by atoms with Crippen molar-refractivity contribution in [1.29, 1.82) is 0 Å². The maximum absolute atomic E-state index is 4.58. The Kier molecular flexibility index (Phi) is 3.97. The summed E-state index contributed by atoms with van der Waals surface area (Å²) in [6.45, 7) is 0. The second kappa shape index (κ2) is 5.46. The summed E-state index contributed by atoms with van der Waals surface area (Å²) in [5.41, 5.74) is 2.38. The number of benzene rings is 1. The van der Waals surface area contributed by atoms with Crippen LogP contribution in [0.2, 0.25) is 0 Å². The Bertz CT molecular complexity index is 453. The molecule has 82 valence electrons. The van der Waals surface area contributed by atoms with Crippen LogP contribution in [-0.2, 0) is 0 Å². The third-order valence-electron chi connectivity index (χ3n) is 2.59. The van der Waals surface area contributed by atoms with Crippen LogP contribution in [0.4, 0.5) is 0 Å². The van der Waals surface area contributed by atoms with Crippen LogP contribution in [0.25, 0.3) is 4.91 Å². The molecule has 1 aromatic carbocycles. The van der Waals surface area contributed by atoms with Gasteiger partial charge in [-0.2, -0.15) is 0 Å². The predicted molar refractivity (Wildman–Crippen MR) is 77.8 cm³/mol. The molecule has 0 radical (unpaired) electrons. The van der Waals surface area contributed by atoms with E-state index in [1.165, 1.54) is 5.57 Å². The fraction of sp³-hybridized carbons (Fsp3) is 0.143. The van der Waals surface area contributed by atoms with E-state index in [0.29, 0.717) is 0 Å². The third kappa shape index (κ3) is 2.63. The van der Waals surface area contributed by atoms with Gasteiger partial charge in [0.15, 0.2) is 0 Å². The van der Waals surface area contributed by atoms with Gasteiger partial charge in [0, 0.05) is 9.81 Å². The Morgan fingerprint density at radius 2 is 1.75 bits per heavy atom. The first kappa shape index (κ1) is 11.6. The fourth-order valence-corrected chi connectivity index (χ4v) is 2.29. The van der Waals surface area contributed by atoms with Gasteiger partial charge in [-0.05, 0) is 24.0 Å². The zero-order chi connectivity index (χ0) is 11.4. The topological polar surface area (TPSA) is 0 Å². The van der Waals surface area contributed by atoms with Gasteiger partial charge in [0.25, 0.3) is 0 Å². The van der Waals surface area contributed by atoms with Crippen molar-refractivity contribution in [2.45, 2.75) is 12.8 Å². The van der Waals surface area contributed by atoms with E-state index >= 15 is 0 Å². The minimum absolute atomic E-state index is 0.950. The molecule has 0 amide bonds. The first-order valence-electron chi connectivity index (χ1n) is 5.33. The standard InChI is InChI=1S/C14H14S2/c15-13(11-7-3-1-4-8-11)14(16)12-9-5-2-6-10-12/h1-5,7-9,15-16H,6,10H2/b14-13-. The minimum atomic E-state index is 0.950. The number of hydrogen-bond donors (Lipinski definition) is 2. The van der Waals surface area contributed by atoms with E-state index in [0.717, 1.165) is 28.2 Å². The van der Waals surface area contributed by atoms with Gasteiger partial charge in [-0.25, -0.2) is 0 Å². The SMILES string of the molecule is S/C(C1=CC=CCC1)=C(\S)c1ccccc1. The first-order valence-corrected chi connectivity index (χ1v) is 6.22. The van der Waals surface area contributed by atoms with E-state index < -0.39 is 0 Å². The lowest BCUT2D eigenvalue weighted by molar-refractivity contribution is 0.988. The Morgan fingerprint density at radius 3 is 2.38 bits per heavy atom. The van der Waals surface area contributed by atoms with Crippen molar-refractivity contribution in [1.82, 2.24) is 0 Å². The number of thiol groups is 2. The Morgan fingerprint density at radius 1 is 1.00 bits per heavy atom. The molecule has 0 bridgehead atoms. The molecule has 0 N–H and O–H groups in total. The molecule has 0 heterocycles. The van der Waals surface area contributed by atoms with Gasteiger partial charge in [-0.1, -0.05) is 48.6 Å². The second-order valence-electron chi connectivity index (χ2n) is 3.72. The van der Waals surface area contributed by atoms with Gasteiger partial charge < -0.3 is 0 Å². The van der Waals surface area contributed by atoms with Gasteiger partial charge in [0.2, 0.25) is 0 Å². The van der Waals surface area contributed by atoms with Crippen LogP contribution in [0, 0.1) is 0 Å². The van der Waals surface area contributed by atoms with Crippen LogP contribution in [-0.4, -0.2) is 0 Å². The molecular formula is C14H14S2. The molecule has 1 aliphatic rings. The fourth-order valence-electron chi connectivity index (χ4n) is 1.68. The minimum Gasteiger partial charge on any atom is -0.142 e. The van der Waals surface area contributed by atoms with Crippen molar-refractivity contribution in [3.8, 4) is 0 Å². The van der Waals surface area contributed by atoms with Gasteiger partial charge in [0.05, 0.1) is 0 Å². The molecule has 0 saturated heterocycles. The van der Waals surface area contributed by atoms with Crippen molar-refractivity contribution in [3.05, 3.63) is 64.6 Å². The highest BCUT2D eigenvalue weighted by molar-refractivity contribution is 7.93. The van der Waals surface area contributed by atoms with Gasteiger partial charge in [-0.3, -0.25) is 0 Å². The molecule has 1 aromatic rings. The monoisotopic (exact) mass is 246 g/mol. The lowest BCUT2D eigenvalue weighted by atomic mass is 10.0. The number of allylic oxidation sites excluding steroid dienone is 4. The Labute approximate surface area is 108 Å². The van der Waals surface area contributed by atoms with Crippen LogP contribution < -0.4 is 0 Å². The summed E-state index contributed by atoms with van der Waals surface area (Å²) in [6.07, 6.45) is 8.51. The highest BCUT2D eigenvalue weighted by atomic mass is 32.1. The quantitative estimate of drug-likeness (QED) is 0.706. The lowest BCUT2D eigenvalue weighted by Crippen LogP contribution is -1.90. The van der Waals surface area contributed by atoms with Gasteiger partial charge in [-0.15, -0.1) is 25.3 Å². The maximum Gasteiger partial charge on any atom is 0.0249 e. The molecule has 0 spiro atoms. The van der Waals surface area contributed by atoms with Crippen molar-refractivity contribution < 1.29 is 0 Å². The highest BCUT2D eigenvalue weighted by Gasteiger charge is 2.08. The maximum atomic E-state index is 4.58. The Balaban J connectivity index is 2.34. The Hall–Kier alpha value is -0.860. The van der Waals surface area contributed by atoms with Crippen LogP contribution >= 0.6 is 25.3 Å². The summed E-state index contributed by atoms with van der Waals surface area (Å²) in [7, 11) is 0. The summed E-state index contributed by atoms with van der Waals surface area (Å²) in [6, 6.07) is 10.1. The first-order chi connectivity index (χ1) is 7.79. The second-order valence-corrected chi connectivity index (χ2v) is 4.62. The van der Waals surface area contributed by atoms with Crippen molar-refractivity contribution in [2.75, 3.05) is 0 Å². The van der Waals surface area contributed by atoms with Crippen molar-refractivity contribution in [2.24, 2.45) is 0 Å². The van der Waals surface area contributed by atoms with E-state index in [-0.39, 0.29) is 0 Å². The van der Waals surface area contributed by atoms with E-state index in [9.17, 15) is 0 Å². The third-order valence-corrected chi connectivity index (χ3v) is 3.76. The van der Waals surface area contributed by atoms with Gasteiger partial charge in [0.1, 0.15) is 0 Å². The molecule has 0 nitrogen and oxygen atoms in total. The number of hydrogen-bond acceptors (Lipinski definition) is 2. The molecule has 0 fully saturated rings. The molecule has 0 aromatic heterocycles. The highest BCUT2D eigenvalue weighted by Crippen LogP contribution is 2.32. The molecule has 0 aliphatic heterocycles. The molecule has 0 unspecified atom stereocenters. The number of rotatable bonds is 2. The largest absolute Gasteiger partial charge is 0.142 e. The zero-order valence-corrected chi connectivity index (χ0v) is 10.7. The molecule has 0 saturated carbocycles. The molecule has 16 heavy (non-hydrogen) atoms. The van der Waals surface area contributed by atoms with Crippen LogP contribution in [0.1, 0.15) is 18.4 Å². The summed E-state index contributed by atoms with van der Waals surface area (Å²) in [5.74, 6) is 0. The smallest absolute Gasteiger partial charge is 0.0249 e. The molecule has 0 atom stereocenters. The molecule has 2 rings (SSSR count). The molecular weight excluding hydrogens is 232 g/mol.